The number of benzene rings is 2. The molecule has 5 nitrogen and oxygen atoms in total. The van der Waals surface area contributed by atoms with E-state index in [0.29, 0.717) is 11.5 Å². The van der Waals surface area contributed by atoms with E-state index < -0.39 is 0 Å². The highest BCUT2D eigenvalue weighted by Gasteiger charge is 2.25. The highest BCUT2D eigenvalue weighted by Crippen LogP contribution is 2.33. The van der Waals surface area contributed by atoms with E-state index in [1.165, 1.54) is 16.5 Å². The Bertz CT molecular complexity index is 1070. The predicted molar refractivity (Wildman–Crippen MR) is 124 cm³/mol. The van der Waals surface area contributed by atoms with Crippen LogP contribution in [-0.2, 0) is 10.2 Å². The minimum Gasteiger partial charge on any atom is -0.361 e. The number of amides is 2. The van der Waals surface area contributed by atoms with Gasteiger partial charge in [-0.05, 0) is 53.5 Å². The molecule has 0 bridgehead atoms. The van der Waals surface area contributed by atoms with E-state index in [1.54, 1.807) is 0 Å². The van der Waals surface area contributed by atoms with Crippen LogP contribution in [0.5, 0.6) is 0 Å². The number of fused-ring (bicyclic) bond motifs is 1. The van der Waals surface area contributed by atoms with Gasteiger partial charge in [0.1, 0.15) is 0 Å². The third kappa shape index (κ3) is 4.66. The number of carbonyl (C=O) groups excluding carboxylic acids is 2. The molecule has 2 heterocycles. The zero-order valence-corrected chi connectivity index (χ0v) is 18.6. The first-order valence-electron chi connectivity index (χ1n) is 11.1. The van der Waals surface area contributed by atoms with Crippen molar-refractivity contribution >= 4 is 22.7 Å². The van der Waals surface area contributed by atoms with Gasteiger partial charge in [-0.3, -0.25) is 9.59 Å². The summed E-state index contributed by atoms with van der Waals surface area (Å²) in [7, 11) is 0. The van der Waals surface area contributed by atoms with Crippen molar-refractivity contribution in [3.05, 3.63) is 71.4 Å². The topological polar surface area (TPSA) is 65.2 Å². The van der Waals surface area contributed by atoms with Crippen LogP contribution in [0.1, 0.15) is 61.0 Å². The number of H-pyrrole nitrogens is 1. The first-order valence-corrected chi connectivity index (χ1v) is 11.1. The van der Waals surface area contributed by atoms with Gasteiger partial charge < -0.3 is 15.2 Å². The Labute approximate surface area is 183 Å². The van der Waals surface area contributed by atoms with Crippen LogP contribution in [0.3, 0.4) is 0 Å². The fourth-order valence-electron chi connectivity index (χ4n) is 4.36. The van der Waals surface area contributed by atoms with Crippen molar-refractivity contribution in [2.75, 3.05) is 19.6 Å². The maximum Gasteiger partial charge on any atom is 0.251 e. The molecule has 2 aromatic carbocycles. The molecule has 0 radical (unpaired) electrons. The third-order valence-electron chi connectivity index (χ3n) is 6.32. The lowest BCUT2D eigenvalue weighted by molar-refractivity contribution is -0.131. The number of carbonyl (C=O) groups is 2. The largest absolute Gasteiger partial charge is 0.361 e. The standard InChI is InChI=1S/C26H31N3O2/c1-26(2,3)20-10-8-19(9-11-20)25(31)28-17-24(30)29-14-12-18(13-15-29)22-16-27-23-7-5-4-6-21(22)23/h4-11,16,18,27H,12-15,17H2,1-3H3,(H,28,31). The lowest BCUT2D eigenvalue weighted by Gasteiger charge is -2.32. The Hall–Kier alpha value is -3.08. The molecule has 0 unspecified atom stereocenters. The van der Waals surface area contributed by atoms with Crippen LogP contribution in [0, 0.1) is 0 Å². The van der Waals surface area contributed by atoms with Crippen molar-refractivity contribution in [1.82, 2.24) is 15.2 Å². The number of para-hydroxylation sites is 1. The van der Waals surface area contributed by atoms with Gasteiger partial charge in [0.15, 0.2) is 0 Å². The quantitative estimate of drug-likeness (QED) is 0.651. The molecule has 1 fully saturated rings. The summed E-state index contributed by atoms with van der Waals surface area (Å²) in [5, 5.41) is 4.06. The zero-order valence-electron chi connectivity index (χ0n) is 18.6. The summed E-state index contributed by atoms with van der Waals surface area (Å²) < 4.78 is 0. The Morgan fingerprint density at radius 2 is 1.71 bits per heavy atom. The highest BCUT2D eigenvalue weighted by atomic mass is 16.2. The molecule has 2 amide bonds. The lowest BCUT2D eigenvalue weighted by Crippen LogP contribution is -2.43. The minimum absolute atomic E-state index is 0.0166. The van der Waals surface area contributed by atoms with Crippen molar-refractivity contribution in [3.8, 4) is 0 Å². The normalized spacial score (nSPS) is 15.3. The van der Waals surface area contributed by atoms with Gasteiger partial charge in [0.25, 0.3) is 5.91 Å². The van der Waals surface area contributed by atoms with Crippen molar-refractivity contribution in [2.24, 2.45) is 0 Å². The molecule has 31 heavy (non-hydrogen) atoms. The van der Waals surface area contributed by atoms with Crippen LogP contribution in [-0.4, -0.2) is 41.3 Å². The number of hydrogen-bond acceptors (Lipinski definition) is 2. The van der Waals surface area contributed by atoms with Crippen molar-refractivity contribution in [2.45, 2.75) is 44.9 Å². The molecule has 0 atom stereocenters. The van der Waals surface area contributed by atoms with Gasteiger partial charge in [-0.1, -0.05) is 51.1 Å². The second kappa shape index (κ2) is 8.58. The fraction of sp³-hybridized carbons (Fsp3) is 0.385. The molecule has 162 valence electrons. The Balaban J connectivity index is 1.29. The molecule has 1 aromatic heterocycles. The molecule has 2 N–H and O–H groups in total. The molecule has 1 aliphatic rings. The van der Waals surface area contributed by atoms with Gasteiger partial charge in [0.2, 0.25) is 5.91 Å². The van der Waals surface area contributed by atoms with Gasteiger partial charge in [-0.25, -0.2) is 0 Å². The number of nitrogens with one attached hydrogen (secondary N) is 2. The van der Waals surface area contributed by atoms with Gasteiger partial charge in [0.05, 0.1) is 6.54 Å². The number of piperidine rings is 1. The van der Waals surface area contributed by atoms with Gasteiger partial charge in [-0.2, -0.15) is 0 Å². The molecular weight excluding hydrogens is 386 g/mol. The van der Waals surface area contributed by atoms with Crippen LogP contribution in [0.25, 0.3) is 10.9 Å². The average molecular weight is 418 g/mol. The molecule has 1 aliphatic heterocycles. The summed E-state index contributed by atoms with van der Waals surface area (Å²) >= 11 is 0. The Morgan fingerprint density at radius 1 is 1.03 bits per heavy atom. The maximum atomic E-state index is 12.6. The first-order chi connectivity index (χ1) is 14.8. The number of aromatic amines is 1. The van der Waals surface area contributed by atoms with Gasteiger partial charge in [-0.15, -0.1) is 0 Å². The summed E-state index contributed by atoms with van der Waals surface area (Å²) in [4.78, 5) is 30.3. The zero-order chi connectivity index (χ0) is 22.0. The highest BCUT2D eigenvalue weighted by molar-refractivity contribution is 5.96. The molecular formula is C26H31N3O2. The molecule has 0 saturated carbocycles. The predicted octanol–water partition coefficient (Wildman–Crippen LogP) is 4.60. The Kier molecular flexibility index (Phi) is 5.86. The number of rotatable bonds is 4. The van der Waals surface area contributed by atoms with E-state index in [2.05, 4.69) is 55.5 Å². The summed E-state index contributed by atoms with van der Waals surface area (Å²) in [5.74, 6) is 0.232. The minimum atomic E-state index is -0.206. The summed E-state index contributed by atoms with van der Waals surface area (Å²) in [6.45, 7) is 7.91. The summed E-state index contributed by atoms with van der Waals surface area (Å²) in [6, 6.07) is 16.0. The fourth-order valence-corrected chi connectivity index (χ4v) is 4.36. The molecule has 4 rings (SSSR count). The second-order valence-electron chi connectivity index (χ2n) is 9.45. The number of likely N-dealkylation sites (tertiary alicyclic amines) is 1. The van der Waals surface area contributed by atoms with Crippen LogP contribution in [0.2, 0.25) is 0 Å². The Morgan fingerprint density at radius 3 is 2.39 bits per heavy atom. The average Bonchev–Trinajstić information content (AvgIpc) is 3.21. The van der Waals surface area contributed by atoms with Crippen LogP contribution >= 0.6 is 0 Å². The maximum absolute atomic E-state index is 12.6. The third-order valence-corrected chi connectivity index (χ3v) is 6.32. The van der Waals surface area contributed by atoms with E-state index in [1.807, 2.05) is 35.2 Å². The van der Waals surface area contributed by atoms with E-state index in [-0.39, 0.29) is 23.8 Å². The molecule has 5 heteroatoms. The molecule has 0 aliphatic carbocycles. The summed E-state index contributed by atoms with van der Waals surface area (Å²) in [5.41, 5.74) is 4.31. The number of aromatic nitrogens is 1. The monoisotopic (exact) mass is 417 g/mol. The van der Waals surface area contributed by atoms with E-state index in [4.69, 9.17) is 0 Å². The van der Waals surface area contributed by atoms with Crippen molar-refractivity contribution < 1.29 is 9.59 Å². The van der Waals surface area contributed by atoms with Crippen molar-refractivity contribution in [1.29, 1.82) is 0 Å². The smallest absolute Gasteiger partial charge is 0.251 e. The second-order valence-corrected chi connectivity index (χ2v) is 9.45. The van der Waals surface area contributed by atoms with E-state index in [9.17, 15) is 9.59 Å². The number of nitrogens with zero attached hydrogens (tertiary/aromatic N) is 1. The van der Waals surface area contributed by atoms with Crippen LogP contribution in [0.4, 0.5) is 0 Å². The van der Waals surface area contributed by atoms with Crippen LogP contribution < -0.4 is 5.32 Å². The van der Waals surface area contributed by atoms with E-state index >= 15 is 0 Å². The van der Waals surface area contributed by atoms with Crippen molar-refractivity contribution in [3.63, 3.8) is 0 Å². The molecule has 3 aromatic rings. The lowest BCUT2D eigenvalue weighted by atomic mass is 9.87. The van der Waals surface area contributed by atoms with Crippen LogP contribution in [0.15, 0.2) is 54.7 Å². The summed E-state index contributed by atoms with van der Waals surface area (Å²) in [6.07, 6.45) is 3.99. The molecule has 1 saturated heterocycles. The SMILES string of the molecule is CC(C)(C)c1ccc(C(=O)NCC(=O)N2CCC(c3c[nH]c4ccccc34)CC2)cc1. The van der Waals surface area contributed by atoms with Gasteiger partial charge >= 0.3 is 0 Å². The van der Waals surface area contributed by atoms with Gasteiger partial charge in [0, 0.05) is 35.8 Å². The molecule has 0 spiro atoms. The first kappa shape index (κ1) is 21.2. The van der Waals surface area contributed by atoms with E-state index in [0.717, 1.165) is 31.4 Å². The number of hydrogen-bond donors (Lipinski definition) is 2.